The van der Waals surface area contributed by atoms with E-state index in [2.05, 4.69) is 67.6 Å². The van der Waals surface area contributed by atoms with Gasteiger partial charge in [-0.3, -0.25) is 4.39 Å². The van der Waals surface area contributed by atoms with Crippen LogP contribution in [0.4, 0.5) is 4.39 Å². The van der Waals surface area contributed by atoms with Crippen LogP contribution in [0.15, 0.2) is 60.7 Å². The molecular weight excluding hydrogens is 383 g/mol. The maximum absolute atomic E-state index is 12.8. The number of benzene rings is 3. The van der Waals surface area contributed by atoms with Gasteiger partial charge in [0.15, 0.2) is 0 Å². The Morgan fingerprint density at radius 1 is 0.677 bits per heavy atom. The van der Waals surface area contributed by atoms with E-state index in [1.54, 1.807) is 0 Å². The fourth-order valence-corrected chi connectivity index (χ4v) is 4.13. The molecule has 0 fully saturated rings. The summed E-state index contributed by atoms with van der Waals surface area (Å²) in [4.78, 5) is 0. The van der Waals surface area contributed by atoms with E-state index in [9.17, 15) is 9.50 Å². The van der Waals surface area contributed by atoms with Gasteiger partial charge < -0.3 is 5.11 Å². The second-order valence-electron chi connectivity index (χ2n) is 8.72. The van der Waals surface area contributed by atoms with Gasteiger partial charge in [0.2, 0.25) is 0 Å². The first-order valence-electron chi connectivity index (χ1n) is 12.3. The van der Waals surface area contributed by atoms with E-state index >= 15 is 0 Å². The van der Waals surface area contributed by atoms with E-state index in [1.807, 2.05) is 6.92 Å². The van der Waals surface area contributed by atoms with Crippen LogP contribution in [-0.2, 0) is 0 Å². The summed E-state index contributed by atoms with van der Waals surface area (Å²) in [5.41, 5.74) is 0. The number of aliphatic hydroxyl groups excluding tert-OH is 1. The first-order chi connectivity index (χ1) is 15.2. The lowest BCUT2D eigenvalue weighted by molar-refractivity contribution is 0.155. The summed E-state index contributed by atoms with van der Waals surface area (Å²) >= 11 is 0. The van der Waals surface area contributed by atoms with E-state index in [1.165, 1.54) is 47.2 Å². The largest absolute Gasteiger partial charge is 0.393 e. The molecule has 1 nitrogen and oxygen atoms in total. The molecule has 0 amide bonds. The molecule has 3 rings (SSSR count). The van der Waals surface area contributed by atoms with Crippen LogP contribution in [0.25, 0.3) is 21.5 Å². The maximum atomic E-state index is 12.8. The Bertz CT molecular complexity index is 805. The summed E-state index contributed by atoms with van der Waals surface area (Å²) in [6.07, 6.45) is 10.7. The highest BCUT2D eigenvalue weighted by atomic mass is 19.1. The van der Waals surface area contributed by atoms with Crippen molar-refractivity contribution < 1.29 is 9.50 Å². The predicted molar refractivity (Wildman–Crippen MR) is 134 cm³/mol. The monoisotopic (exact) mass is 424 g/mol. The van der Waals surface area contributed by atoms with Crippen LogP contribution in [-0.4, -0.2) is 17.9 Å². The molecule has 1 N–H and O–H groups in total. The fraction of sp³-hybridized carbons (Fsp3) is 0.517. The summed E-state index contributed by atoms with van der Waals surface area (Å²) in [7, 11) is 0. The molecule has 3 aromatic rings. The van der Waals surface area contributed by atoms with E-state index in [4.69, 9.17) is 0 Å². The van der Waals surface area contributed by atoms with Crippen molar-refractivity contribution in [2.45, 2.75) is 84.2 Å². The third kappa shape index (κ3) is 8.99. The molecule has 0 bridgehead atoms. The number of hydrogen-bond acceptors (Lipinski definition) is 1. The minimum atomic E-state index is -0.164. The minimum Gasteiger partial charge on any atom is -0.393 e. The Kier molecular flexibility index (Phi) is 12.2. The van der Waals surface area contributed by atoms with Crippen LogP contribution in [0.2, 0.25) is 0 Å². The Labute approximate surface area is 188 Å². The van der Waals surface area contributed by atoms with E-state index < -0.39 is 0 Å². The van der Waals surface area contributed by atoms with Crippen LogP contribution in [0.1, 0.15) is 78.1 Å². The van der Waals surface area contributed by atoms with Crippen molar-refractivity contribution >= 4 is 21.5 Å². The molecule has 31 heavy (non-hydrogen) atoms. The number of fused-ring (bicyclic) bond motifs is 3. The molecule has 0 aliphatic heterocycles. The second kappa shape index (κ2) is 15.0. The fourth-order valence-electron chi connectivity index (χ4n) is 4.13. The lowest BCUT2D eigenvalue weighted by Crippen LogP contribution is -2.06. The minimum absolute atomic E-state index is 0.150. The van der Waals surface area contributed by atoms with Gasteiger partial charge in [0, 0.05) is 0 Å². The zero-order chi connectivity index (χ0) is 22.3. The summed E-state index contributed by atoms with van der Waals surface area (Å²) in [6, 6.07) is 21.4. The molecule has 0 spiro atoms. The Balaban J connectivity index is 0.000000222. The van der Waals surface area contributed by atoms with Crippen molar-refractivity contribution in [1.29, 1.82) is 0 Å². The molecule has 3 aromatic carbocycles. The van der Waals surface area contributed by atoms with Gasteiger partial charge >= 0.3 is 0 Å². The van der Waals surface area contributed by atoms with Crippen LogP contribution in [0.5, 0.6) is 0 Å². The quantitative estimate of drug-likeness (QED) is 0.227. The number of alkyl halides is 1. The number of aliphatic hydroxyl groups is 1. The summed E-state index contributed by atoms with van der Waals surface area (Å²) in [5.74, 6) is 0.269. The summed E-state index contributed by atoms with van der Waals surface area (Å²) in [5, 5.41) is 14.7. The van der Waals surface area contributed by atoms with E-state index in [-0.39, 0.29) is 18.7 Å². The van der Waals surface area contributed by atoms with Gasteiger partial charge in [-0.25, -0.2) is 0 Å². The van der Waals surface area contributed by atoms with Crippen molar-refractivity contribution in [2.75, 3.05) is 6.67 Å². The molecule has 0 aliphatic carbocycles. The van der Waals surface area contributed by atoms with Crippen LogP contribution >= 0.6 is 0 Å². The molecule has 0 aliphatic rings. The van der Waals surface area contributed by atoms with Gasteiger partial charge in [-0.1, -0.05) is 113 Å². The first kappa shape index (κ1) is 25.3. The third-order valence-electron chi connectivity index (χ3n) is 6.21. The van der Waals surface area contributed by atoms with Crippen molar-refractivity contribution in [3.05, 3.63) is 60.7 Å². The predicted octanol–water partition coefficient (Wildman–Crippen LogP) is 8.87. The third-order valence-corrected chi connectivity index (χ3v) is 6.21. The highest BCUT2D eigenvalue weighted by Crippen LogP contribution is 2.24. The molecule has 0 radical (unpaired) electrons. The van der Waals surface area contributed by atoms with Gasteiger partial charge in [-0.15, -0.1) is 0 Å². The van der Waals surface area contributed by atoms with Gasteiger partial charge in [0.25, 0.3) is 0 Å². The number of unbranched alkanes of at least 4 members (excludes halogenated alkanes) is 4. The lowest BCUT2D eigenvalue weighted by atomic mass is 9.95. The highest BCUT2D eigenvalue weighted by Gasteiger charge is 2.08. The molecule has 2 unspecified atom stereocenters. The molecule has 0 aromatic heterocycles. The molecule has 2 heteroatoms. The van der Waals surface area contributed by atoms with Crippen molar-refractivity contribution in [3.63, 3.8) is 0 Å². The molecule has 2 atom stereocenters. The summed E-state index contributed by atoms with van der Waals surface area (Å²) < 4.78 is 12.8. The number of rotatable bonds is 12. The average molecular weight is 425 g/mol. The van der Waals surface area contributed by atoms with E-state index in [0.717, 1.165) is 38.5 Å². The summed E-state index contributed by atoms with van der Waals surface area (Å²) in [6.45, 7) is 4.04. The Morgan fingerprint density at radius 3 is 1.71 bits per heavy atom. The normalized spacial score (nSPS) is 13.0. The number of hydrogen-bond donors (Lipinski definition) is 1. The van der Waals surface area contributed by atoms with E-state index in [0.29, 0.717) is 0 Å². The van der Waals surface area contributed by atoms with Crippen molar-refractivity contribution in [1.82, 2.24) is 0 Å². The van der Waals surface area contributed by atoms with Gasteiger partial charge in [0.1, 0.15) is 0 Å². The van der Waals surface area contributed by atoms with Crippen molar-refractivity contribution in [3.8, 4) is 0 Å². The molecule has 0 saturated heterocycles. The van der Waals surface area contributed by atoms with Crippen LogP contribution < -0.4 is 0 Å². The van der Waals surface area contributed by atoms with Crippen LogP contribution in [0, 0.1) is 5.92 Å². The SMILES string of the molecule is CCCCCCC(CF)CCCCC(O)CC.c1ccc2c(c1)ccc1ccccc12. The standard InChI is InChI=1S/C15H31FO.C14H10/c1-3-5-6-7-10-14(13-16)11-8-9-12-15(17)4-2;1-3-7-13-11(5-1)9-10-12-6-2-4-8-14(12)13/h14-15,17H,3-13H2,1-2H3;1-10H. The first-order valence-corrected chi connectivity index (χ1v) is 12.3. The second-order valence-corrected chi connectivity index (χ2v) is 8.72. The smallest absolute Gasteiger partial charge is 0.0922 e. The Morgan fingerprint density at radius 2 is 1.19 bits per heavy atom. The lowest BCUT2D eigenvalue weighted by Gasteiger charge is -2.13. The highest BCUT2D eigenvalue weighted by molar-refractivity contribution is 6.07. The van der Waals surface area contributed by atoms with Crippen LogP contribution in [0.3, 0.4) is 0 Å². The average Bonchev–Trinajstić information content (AvgIpc) is 2.83. The van der Waals surface area contributed by atoms with Crippen molar-refractivity contribution in [2.24, 2.45) is 5.92 Å². The maximum Gasteiger partial charge on any atom is 0.0922 e. The van der Waals surface area contributed by atoms with Gasteiger partial charge in [0.05, 0.1) is 12.8 Å². The Hall–Kier alpha value is -1.93. The molecule has 0 heterocycles. The molecule has 0 saturated carbocycles. The topological polar surface area (TPSA) is 20.2 Å². The zero-order valence-corrected chi connectivity index (χ0v) is 19.5. The van der Waals surface area contributed by atoms with Gasteiger partial charge in [-0.2, -0.15) is 0 Å². The van der Waals surface area contributed by atoms with Gasteiger partial charge in [-0.05, 0) is 53.1 Å². The molecular formula is C29H41FO. The number of halogens is 1. The zero-order valence-electron chi connectivity index (χ0n) is 19.5. The molecule has 170 valence electrons.